The van der Waals surface area contributed by atoms with Crippen LogP contribution in [0.2, 0.25) is 0 Å². The van der Waals surface area contributed by atoms with Gasteiger partial charge < -0.3 is 15.3 Å². The largest absolute Gasteiger partial charge is 0.507 e. The summed E-state index contributed by atoms with van der Waals surface area (Å²) in [6.45, 7) is 21.2. The van der Waals surface area contributed by atoms with Crippen molar-refractivity contribution in [3.63, 3.8) is 0 Å². The van der Waals surface area contributed by atoms with Crippen molar-refractivity contribution < 1.29 is 20.1 Å². The van der Waals surface area contributed by atoms with E-state index in [-0.39, 0.29) is 27.7 Å². The van der Waals surface area contributed by atoms with Gasteiger partial charge in [0.15, 0.2) is 0 Å². The molecule has 2 rings (SSSR count). The van der Waals surface area contributed by atoms with E-state index in [1.54, 1.807) is 0 Å². The van der Waals surface area contributed by atoms with Crippen LogP contribution >= 0.6 is 0 Å². The molecule has 2 aromatic carbocycles. The molecular weight excluding hydrogens is 496 g/mol. The molecule has 3 N–H and O–H groups in total. The Labute approximate surface area is 244 Å². The second-order valence-corrected chi connectivity index (χ2v) is 14.9. The van der Waals surface area contributed by atoms with Crippen LogP contribution in [0.4, 0.5) is 0 Å². The predicted octanol–water partition coefficient (Wildman–Crippen LogP) is 9.57. The van der Waals surface area contributed by atoms with Gasteiger partial charge in [0.1, 0.15) is 11.5 Å². The summed E-state index contributed by atoms with van der Waals surface area (Å²) in [5.41, 5.74) is 4.62. The van der Waals surface area contributed by atoms with E-state index in [1.807, 2.05) is 12.1 Å². The highest BCUT2D eigenvalue weighted by Crippen LogP contribution is 2.41. The molecule has 0 fully saturated rings. The lowest BCUT2D eigenvalue weighted by Crippen LogP contribution is -2.19. The Balaban J connectivity index is 2.51. The average Bonchev–Trinajstić information content (AvgIpc) is 2.81. The molecule has 0 aliphatic carbocycles. The zero-order valence-corrected chi connectivity index (χ0v) is 27.0. The summed E-state index contributed by atoms with van der Waals surface area (Å²) >= 11 is 0. The third-order valence-corrected chi connectivity index (χ3v) is 8.04. The molecule has 0 bridgehead atoms. The van der Waals surface area contributed by atoms with E-state index in [0.717, 1.165) is 52.6 Å². The molecule has 0 heterocycles. The molecule has 0 aliphatic rings. The standard InChI is InChI=1S/C36H56O4/c1-11-12-13-14-15-16-17-25(33(39)40)18-24-19-26(31(37)29(20-24)35(5,6)7)21-27-22-28(34(2,3)4)23-30(32(27)38)36(8,9)10/h19-20,22-23,25,37-38H,11-18,21H2,1-10H3,(H,39,40). The van der Waals surface area contributed by atoms with E-state index in [1.165, 1.54) is 19.3 Å². The Morgan fingerprint density at radius 3 is 1.70 bits per heavy atom. The first kappa shape index (κ1) is 33.7. The van der Waals surface area contributed by atoms with Crippen molar-refractivity contribution in [2.75, 3.05) is 0 Å². The lowest BCUT2D eigenvalue weighted by molar-refractivity contribution is -0.142. The van der Waals surface area contributed by atoms with Gasteiger partial charge >= 0.3 is 5.97 Å². The molecule has 0 amide bonds. The molecule has 0 aromatic heterocycles. The molecule has 4 nitrogen and oxygen atoms in total. The van der Waals surface area contributed by atoms with Gasteiger partial charge in [0.25, 0.3) is 0 Å². The van der Waals surface area contributed by atoms with Gasteiger partial charge in [-0.2, -0.15) is 0 Å². The van der Waals surface area contributed by atoms with Crippen molar-refractivity contribution in [1.82, 2.24) is 0 Å². The minimum absolute atomic E-state index is 0.103. The maximum Gasteiger partial charge on any atom is 0.306 e. The second-order valence-electron chi connectivity index (χ2n) is 14.9. The number of carboxylic acids is 1. The molecule has 1 unspecified atom stereocenters. The van der Waals surface area contributed by atoms with Crippen LogP contribution in [0.15, 0.2) is 24.3 Å². The van der Waals surface area contributed by atoms with Crippen LogP contribution in [-0.4, -0.2) is 21.3 Å². The number of benzene rings is 2. The van der Waals surface area contributed by atoms with E-state index in [4.69, 9.17) is 0 Å². The summed E-state index contributed by atoms with van der Waals surface area (Å²) in [6, 6.07) is 8.12. The van der Waals surface area contributed by atoms with E-state index in [0.29, 0.717) is 19.3 Å². The molecule has 0 radical (unpaired) electrons. The van der Waals surface area contributed by atoms with Gasteiger partial charge in [-0.15, -0.1) is 0 Å². The Bertz CT molecular complexity index is 1140. The number of carbonyl (C=O) groups is 1. The second kappa shape index (κ2) is 13.4. The fourth-order valence-corrected chi connectivity index (χ4v) is 5.39. The summed E-state index contributed by atoms with van der Waals surface area (Å²) in [5, 5.41) is 32.9. The number of hydrogen-bond donors (Lipinski definition) is 3. The number of aromatic hydroxyl groups is 2. The van der Waals surface area contributed by atoms with Crippen molar-refractivity contribution >= 4 is 5.97 Å². The van der Waals surface area contributed by atoms with Gasteiger partial charge in [-0.1, -0.05) is 132 Å². The number of phenolic OH excluding ortho intramolecular Hbond substituents is 2. The number of aliphatic carboxylic acids is 1. The van der Waals surface area contributed by atoms with E-state index >= 15 is 0 Å². The molecule has 0 saturated carbocycles. The van der Waals surface area contributed by atoms with Gasteiger partial charge in [-0.25, -0.2) is 0 Å². The molecule has 2 aromatic rings. The summed E-state index contributed by atoms with van der Waals surface area (Å²) in [4.78, 5) is 12.2. The lowest BCUT2D eigenvalue weighted by Gasteiger charge is -2.28. The SMILES string of the molecule is CCCCCCCCC(Cc1cc(Cc2cc(C(C)(C)C)cc(C(C)(C)C)c2O)c(O)c(C(C)(C)C)c1)C(=O)O. The van der Waals surface area contributed by atoms with Gasteiger partial charge in [-0.05, 0) is 62.5 Å². The maximum absolute atomic E-state index is 12.2. The van der Waals surface area contributed by atoms with Crippen LogP contribution in [0, 0.1) is 5.92 Å². The summed E-state index contributed by atoms with van der Waals surface area (Å²) < 4.78 is 0. The zero-order chi connectivity index (χ0) is 30.5. The maximum atomic E-state index is 12.2. The van der Waals surface area contributed by atoms with E-state index in [9.17, 15) is 20.1 Å². The van der Waals surface area contributed by atoms with Gasteiger partial charge in [0.05, 0.1) is 5.92 Å². The third-order valence-electron chi connectivity index (χ3n) is 8.04. The Morgan fingerprint density at radius 1 is 0.700 bits per heavy atom. The van der Waals surface area contributed by atoms with E-state index < -0.39 is 11.9 Å². The Hall–Kier alpha value is -2.49. The Morgan fingerprint density at radius 2 is 1.20 bits per heavy atom. The Kier molecular flexibility index (Phi) is 11.3. The predicted molar refractivity (Wildman–Crippen MR) is 168 cm³/mol. The fraction of sp³-hybridized carbons (Fsp3) is 0.639. The number of unbranched alkanes of at least 4 members (excludes halogenated alkanes) is 5. The van der Waals surface area contributed by atoms with Crippen molar-refractivity contribution in [2.45, 2.75) is 143 Å². The normalized spacial score (nSPS) is 13.4. The first-order valence-corrected chi connectivity index (χ1v) is 15.3. The van der Waals surface area contributed by atoms with Crippen LogP contribution in [0.1, 0.15) is 148 Å². The molecule has 4 heteroatoms. The van der Waals surface area contributed by atoms with Gasteiger partial charge in [0, 0.05) is 6.42 Å². The molecule has 40 heavy (non-hydrogen) atoms. The van der Waals surface area contributed by atoms with Crippen molar-refractivity contribution in [2.24, 2.45) is 5.92 Å². The quantitative estimate of drug-likeness (QED) is 0.229. The lowest BCUT2D eigenvalue weighted by atomic mass is 9.77. The fourth-order valence-electron chi connectivity index (χ4n) is 5.39. The van der Waals surface area contributed by atoms with Crippen LogP contribution in [-0.2, 0) is 33.9 Å². The molecule has 0 spiro atoms. The number of phenols is 2. The van der Waals surface area contributed by atoms with Crippen molar-refractivity contribution in [3.05, 3.63) is 57.6 Å². The highest BCUT2D eigenvalue weighted by atomic mass is 16.4. The van der Waals surface area contributed by atoms with Crippen LogP contribution < -0.4 is 0 Å². The highest BCUT2D eigenvalue weighted by molar-refractivity contribution is 5.70. The molecule has 1 atom stereocenters. The number of hydrogen-bond acceptors (Lipinski definition) is 3. The molecule has 0 saturated heterocycles. The molecule has 224 valence electrons. The molecule has 0 aliphatic heterocycles. The van der Waals surface area contributed by atoms with Crippen molar-refractivity contribution in [1.29, 1.82) is 0 Å². The van der Waals surface area contributed by atoms with Gasteiger partial charge in [0.2, 0.25) is 0 Å². The van der Waals surface area contributed by atoms with E-state index in [2.05, 4.69) is 81.4 Å². The van der Waals surface area contributed by atoms with Gasteiger partial charge in [-0.3, -0.25) is 4.79 Å². The van der Waals surface area contributed by atoms with Crippen LogP contribution in [0.25, 0.3) is 0 Å². The number of rotatable bonds is 12. The summed E-state index contributed by atoms with van der Waals surface area (Å²) in [7, 11) is 0. The minimum Gasteiger partial charge on any atom is -0.507 e. The van der Waals surface area contributed by atoms with Crippen molar-refractivity contribution in [3.8, 4) is 11.5 Å². The smallest absolute Gasteiger partial charge is 0.306 e. The summed E-state index contributed by atoms with van der Waals surface area (Å²) in [6.07, 6.45) is 8.26. The highest BCUT2D eigenvalue weighted by Gasteiger charge is 2.28. The monoisotopic (exact) mass is 552 g/mol. The first-order chi connectivity index (χ1) is 18.4. The summed E-state index contributed by atoms with van der Waals surface area (Å²) in [5.74, 6) is -0.710. The average molecular weight is 553 g/mol. The number of carboxylic acid groups (broad SMARTS) is 1. The molecular formula is C36H56O4. The topological polar surface area (TPSA) is 77.8 Å². The zero-order valence-electron chi connectivity index (χ0n) is 27.0. The van der Waals surface area contributed by atoms with Crippen LogP contribution in [0.5, 0.6) is 11.5 Å². The third kappa shape index (κ3) is 9.28. The minimum atomic E-state index is -0.758. The van der Waals surface area contributed by atoms with Crippen LogP contribution in [0.3, 0.4) is 0 Å². The first-order valence-electron chi connectivity index (χ1n) is 15.3.